The van der Waals surface area contributed by atoms with Gasteiger partial charge in [0.1, 0.15) is 5.75 Å². The lowest BCUT2D eigenvalue weighted by Gasteiger charge is -2.50. The van der Waals surface area contributed by atoms with Crippen LogP contribution in [0.15, 0.2) is 18.2 Å². The Morgan fingerprint density at radius 3 is 2.79 bits per heavy atom. The Hall–Kier alpha value is -1.11. The summed E-state index contributed by atoms with van der Waals surface area (Å²) in [6.45, 7) is 2.25. The van der Waals surface area contributed by atoms with E-state index in [-0.39, 0.29) is 17.3 Å². The number of fused-ring (bicyclic) bond motifs is 5. The van der Waals surface area contributed by atoms with E-state index in [1.54, 1.807) is 12.1 Å². The van der Waals surface area contributed by atoms with E-state index in [2.05, 4.69) is 11.1 Å². The van der Waals surface area contributed by atoms with Crippen molar-refractivity contribution in [3.63, 3.8) is 0 Å². The van der Waals surface area contributed by atoms with E-state index < -0.39 is 10.4 Å². The predicted molar refractivity (Wildman–Crippen MR) is 87.4 cm³/mol. The fourth-order valence-electron chi connectivity index (χ4n) is 5.70. The molecule has 0 bridgehead atoms. The van der Waals surface area contributed by atoms with Crippen LogP contribution in [-0.2, 0) is 16.8 Å². The van der Waals surface area contributed by atoms with Crippen LogP contribution in [0.25, 0.3) is 0 Å². The highest BCUT2D eigenvalue weighted by Gasteiger charge is 2.54. The van der Waals surface area contributed by atoms with E-state index >= 15 is 0 Å². The molecule has 0 aliphatic heterocycles. The Kier molecular flexibility index (Phi) is 3.71. The topological polar surface area (TPSA) is 86.7 Å². The molecule has 3 aliphatic rings. The van der Waals surface area contributed by atoms with Crippen molar-refractivity contribution in [1.82, 2.24) is 0 Å². The van der Waals surface area contributed by atoms with Crippen LogP contribution in [0.4, 0.5) is 0 Å². The maximum atomic E-state index is 10.8. The minimum absolute atomic E-state index is 0.0539. The smallest absolute Gasteiger partial charge is 0.262 e. The zero-order chi connectivity index (χ0) is 17.1. The Morgan fingerprint density at radius 2 is 2.04 bits per heavy atom. The van der Waals surface area contributed by atoms with Gasteiger partial charge in [0.05, 0.1) is 6.10 Å². The van der Waals surface area contributed by atoms with Gasteiger partial charge in [-0.1, -0.05) is 13.0 Å². The molecule has 132 valence electrons. The van der Waals surface area contributed by atoms with E-state index in [0.717, 1.165) is 44.1 Å². The third kappa shape index (κ3) is 2.55. The lowest BCUT2D eigenvalue weighted by Crippen LogP contribution is -2.43. The van der Waals surface area contributed by atoms with Crippen LogP contribution >= 0.6 is 0 Å². The Balaban J connectivity index is 1.63. The van der Waals surface area contributed by atoms with Crippen molar-refractivity contribution >= 4 is 10.4 Å². The van der Waals surface area contributed by atoms with E-state index in [4.69, 9.17) is 0 Å². The molecule has 1 aromatic rings. The molecule has 2 saturated carbocycles. The van der Waals surface area contributed by atoms with Crippen LogP contribution in [0.3, 0.4) is 0 Å². The van der Waals surface area contributed by atoms with E-state index in [1.165, 1.54) is 5.56 Å². The van der Waals surface area contributed by atoms with Crippen LogP contribution in [0.2, 0.25) is 0 Å². The number of hydrogen-bond acceptors (Lipinski definition) is 5. The predicted octanol–water partition coefficient (Wildman–Crippen LogP) is 2.74. The highest BCUT2D eigenvalue weighted by atomic mass is 32.3. The molecule has 0 spiro atoms. The second-order valence-electron chi connectivity index (χ2n) is 7.91. The maximum absolute atomic E-state index is 10.8. The highest BCUT2D eigenvalue weighted by molar-refractivity contribution is 7.81. The molecule has 0 aromatic heterocycles. The average molecular weight is 351 g/mol. The number of rotatable bonds is 2. The summed E-state index contributed by atoms with van der Waals surface area (Å²) in [7, 11) is -4.73. The molecular formula is C18H23O5S-. The van der Waals surface area contributed by atoms with Gasteiger partial charge >= 0.3 is 0 Å². The van der Waals surface area contributed by atoms with Gasteiger partial charge in [0.2, 0.25) is 0 Å². The molecule has 1 aromatic carbocycles. The largest absolute Gasteiger partial charge is 0.716 e. The molecule has 0 heterocycles. The van der Waals surface area contributed by atoms with Crippen LogP contribution in [0.5, 0.6) is 5.75 Å². The van der Waals surface area contributed by atoms with Crippen molar-refractivity contribution in [2.75, 3.05) is 0 Å². The number of aliphatic hydroxyl groups is 1. The summed E-state index contributed by atoms with van der Waals surface area (Å²) in [5, 5.41) is 10.4. The van der Waals surface area contributed by atoms with Crippen molar-refractivity contribution in [2.24, 2.45) is 17.3 Å². The zero-order valence-corrected chi connectivity index (χ0v) is 14.6. The molecule has 24 heavy (non-hydrogen) atoms. The van der Waals surface area contributed by atoms with Crippen molar-refractivity contribution in [2.45, 2.75) is 57.5 Å². The molecule has 3 unspecified atom stereocenters. The van der Waals surface area contributed by atoms with E-state index in [1.807, 2.05) is 6.07 Å². The molecule has 5 atom stereocenters. The van der Waals surface area contributed by atoms with Crippen molar-refractivity contribution in [3.05, 3.63) is 29.3 Å². The van der Waals surface area contributed by atoms with E-state index in [9.17, 15) is 18.1 Å². The van der Waals surface area contributed by atoms with Gasteiger partial charge in [-0.15, -0.1) is 0 Å². The second-order valence-corrected chi connectivity index (χ2v) is 8.89. The van der Waals surface area contributed by atoms with Gasteiger partial charge in [-0.05, 0) is 85.0 Å². The number of hydrogen-bond donors (Lipinski definition) is 1. The standard InChI is InChI=1S/C18H24O5S/c1-18-9-8-14-13-5-3-12(23-24(20,21)22)10-11(13)2-4-15(14)16(18)6-7-17(18)19/h3,5,10,14-17,19H,2,4,6-9H2,1H3,(H,20,21,22)/p-1/t14?,15?,16?,17-,18+/m1/s1. The number of aliphatic hydroxyl groups excluding tert-OH is 1. The first-order valence-electron chi connectivity index (χ1n) is 8.74. The average Bonchev–Trinajstić information content (AvgIpc) is 2.81. The lowest BCUT2D eigenvalue weighted by molar-refractivity contribution is -0.0226. The SMILES string of the molecule is C[C@]12CCC3c4ccc(OS(=O)(=O)[O-])cc4CCC3C1CC[C@H]2O. The molecule has 0 amide bonds. The monoisotopic (exact) mass is 351 g/mol. The molecule has 0 radical (unpaired) electrons. The molecular weight excluding hydrogens is 328 g/mol. The fraction of sp³-hybridized carbons (Fsp3) is 0.667. The van der Waals surface area contributed by atoms with E-state index in [0.29, 0.717) is 17.8 Å². The van der Waals surface area contributed by atoms with Crippen molar-refractivity contribution in [3.8, 4) is 5.75 Å². The van der Waals surface area contributed by atoms with Gasteiger partial charge < -0.3 is 13.8 Å². The summed E-state index contributed by atoms with van der Waals surface area (Å²) < 4.78 is 36.8. The van der Waals surface area contributed by atoms with Gasteiger partial charge in [0.15, 0.2) is 0 Å². The normalized spacial score (nSPS) is 38.1. The van der Waals surface area contributed by atoms with Gasteiger partial charge in [-0.2, -0.15) is 0 Å². The lowest BCUT2D eigenvalue weighted by atomic mass is 9.55. The summed E-state index contributed by atoms with van der Waals surface area (Å²) in [4.78, 5) is 0. The first-order valence-corrected chi connectivity index (χ1v) is 10.1. The summed E-state index contributed by atoms with van der Waals surface area (Å²) in [5.41, 5.74) is 2.42. The molecule has 4 rings (SSSR count). The molecule has 6 heteroatoms. The Labute approximate surface area is 143 Å². The Morgan fingerprint density at radius 1 is 1.25 bits per heavy atom. The Bertz CT molecular complexity index is 759. The summed E-state index contributed by atoms with van der Waals surface area (Å²) in [5.74, 6) is 1.73. The van der Waals surface area contributed by atoms with Crippen molar-refractivity contribution in [1.29, 1.82) is 0 Å². The van der Waals surface area contributed by atoms with Gasteiger partial charge in [-0.25, -0.2) is 8.42 Å². The van der Waals surface area contributed by atoms with Crippen LogP contribution in [-0.4, -0.2) is 24.2 Å². The number of aryl methyl sites for hydroxylation is 1. The second kappa shape index (κ2) is 5.44. The van der Waals surface area contributed by atoms with Gasteiger partial charge in [0.25, 0.3) is 10.4 Å². The molecule has 2 fully saturated rings. The third-order valence-corrected chi connectivity index (χ3v) is 7.24. The van der Waals surface area contributed by atoms with Gasteiger partial charge in [0, 0.05) is 0 Å². The molecule has 0 saturated heterocycles. The van der Waals surface area contributed by atoms with Crippen LogP contribution in [0, 0.1) is 17.3 Å². The van der Waals surface area contributed by atoms with Crippen LogP contribution in [0.1, 0.15) is 56.1 Å². The minimum Gasteiger partial charge on any atom is -0.716 e. The van der Waals surface area contributed by atoms with Gasteiger partial charge in [-0.3, -0.25) is 0 Å². The first kappa shape index (κ1) is 16.4. The summed E-state index contributed by atoms with van der Waals surface area (Å²) >= 11 is 0. The zero-order valence-electron chi connectivity index (χ0n) is 13.8. The molecule has 3 aliphatic carbocycles. The quantitative estimate of drug-likeness (QED) is 0.654. The summed E-state index contributed by atoms with van der Waals surface area (Å²) in [6, 6.07) is 5.23. The summed E-state index contributed by atoms with van der Waals surface area (Å²) in [6.07, 6.45) is 5.85. The maximum Gasteiger partial charge on any atom is 0.262 e. The molecule has 5 nitrogen and oxygen atoms in total. The first-order chi connectivity index (χ1) is 11.3. The van der Waals surface area contributed by atoms with Crippen molar-refractivity contribution < 1.29 is 22.3 Å². The minimum atomic E-state index is -4.73. The number of benzene rings is 1. The fourth-order valence-corrected chi connectivity index (χ4v) is 6.04. The van der Waals surface area contributed by atoms with Crippen LogP contribution < -0.4 is 4.18 Å². The third-order valence-electron chi connectivity index (χ3n) is 6.85. The molecule has 1 N–H and O–H groups in total. The highest BCUT2D eigenvalue weighted by Crippen LogP contribution is 2.60.